The van der Waals surface area contributed by atoms with Crippen molar-refractivity contribution in [2.75, 3.05) is 25.5 Å². The van der Waals surface area contributed by atoms with Crippen LogP contribution in [0, 0.1) is 0 Å². The van der Waals surface area contributed by atoms with Gasteiger partial charge in [0.1, 0.15) is 0 Å². The third-order valence-corrected chi connectivity index (χ3v) is 4.98. The normalized spacial score (nSPS) is 16.5. The van der Waals surface area contributed by atoms with E-state index in [0.29, 0.717) is 0 Å². The Morgan fingerprint density at radius 3 is 2.89 bits per heavy atom. The molecule has 0 spiro atoms. The van der Waals surface area contributed by atoms with Crippen molar-refractivity contribution in [3.8, 4) is 0 Å². The molecule has 1 saturated carbocycles. The fourth-order valence-corrected chi connectivity index (χ4v) is 3.71. The van der Waals surface area contributed by atoms with Crippen LogP contribution in [0.5, 0.6) is 0 Å². The maximum absolute atomic E-state index is 4.60. The summed E-state index contributed by atoms with van der Waals surface area (Å²) in [5, 5.41) is 4.50. The van der Waals surface area contributed by atoms with Crippen molar-refractivity contribution in [3.63, 3.8) is 0 Å². The van der Waals surface area contributed by atoms with Crippen LogP contribution in [0.15, 0.2) is 24.3 Å². The Kier molecular flexibility index (Phi) is 3.99. The van der Waals surface area contributed by atoms with E-state index in [9.17, 15) is 0 Å². The summed E-state index contributed by atoms with van der Waals surface area (Å²) < 4.78 is 1.26. The van der Waals surface area contributed by atoms with E-state index in [4.69, 9.17) is 0 Å². The lowest BCUT2D eigenvalue weighted by Crippen LogP contribution is -2.33. The Labute approximate surface area is 118 Å². The molecule has 0 bridgehead atoms. The fraction of sp³-hybridized carbons (Fsp3) is 0.533. The number of hydrogen-bond donors (Lipinski definition) is 1. The lowest BCUT2D eigenvalue weighted by Gasteiger charge is -2.23. The number of fused-ring (bicyclic) bond motifs is 1. The number of aromatic nitrogens is 1. The average Bonchev–Trinajstić information content (AvgIpc) is 3.07. The molecule has 0 radical (unpaired) electrons. The first-order chi connectivity index (χ1) is 9.33. The van der Waals surface area contributed by atoms with E-state index in [2.05, 4.69) is 40.4 Å². The van der Waals surface area contributed by atoms with Crippen molar-refractivity contribution in [2.24, 2.45) is 0 Å². The van der Waals surface area contributed by atoms with Gasteiger partial charge in [0.25, 0.3) is 0 Å². The molecule has 1 aromatic heterocycles. The van der Waals surface area contributed by atoms with Crippen LogP contribution in [-0.4, -0.2) is 36.1 Å². The Morgan fingerprint density at radius 1 is 1.32 bits per heavy atom. The molecule has 1 fully saturated rings. The van der Waals surface area contributed by atoms with E-state index in [1.54, 1.807) is 11.3 Å². The largest absolute Gasteiger partial charge is 0.360 e. The molecular weight excluding hydrogens is 254 g/mol. The summed E-state index contributed by atoms with van der Waals surface area (Å²) in [4.78, 5) is 7.09. The van der Waals surface area contributed by atoms with Crippen LogP contribution in [0.1, 0.15) is 25.7 Å². The number of para-hydroxylation sites is 1. The van der Waals surface area contributed by atoms with Gasteiger partial charge in [0.2, 0.25) is 0 Å². The first kappa shape index (κ1) is 12.9. The highest BCUT2D eigenvalue weighted by molar-refractivity contribution is 7.22. The summed E-state index contributed by atoms with van der Waals surface area (Å²) in [5.74, 6) is 0. The van der Waals surface area contributed by atoms with Crippen LogP contribution in [0.2, 0.25) is 0 Å². The summed E-state index contributed by atoms with van der Waals surface area (Å²) in [6.07, 6.45) is 5.55. The minimum absolute atomic E-state index is 0.803. The smallest absolute Gasteiger partial charge is 0.183 e. The van der Waals surface area contributed by atoms with Gasteiger partial charge < -0.3 is 10.2 Å². The van der Waals surface area contributed by atoms with E-state index in [-0.39, 0.29) is 0 Å². The quantitative estimate of drug-likeness (QED) is 0.904. The first-order valence-corrected chi connectivity index (χ1v) is 7.94. The molecule has 0 aliphatic heterocycles. The molecule has 1 N–H and O–H groups in total. The lowest BCUT2D eigenvalue weighted by molar-refractivity contribution is 0.254. The summed E-state index contributed by atoms with van der Waals surface area (Å²) >= 11 is 1.74. The molecule has 2 aromatic rings. The Bertz CT molecular complexity index is 498. The molecule has 1 aromatic carbocycles. The highest BCUT2D eigenvalue weighted by Crippen LogP contribution is 2.25. The number of rotatable bonds is 5. The second-order valence-corrected chi connectivity index (χ2v) is 6.36. The highest BCUT2D eigenvalue weighted by Gasteiger charge is 2.18. The standard InChI is InChI=1S/C15H21N3S/c1-18(12-6-2-3-7-12)11-10-16-15-17-13-8-4-5-9-14(13)19-15/h4-5,8-9,12H,2-3,6-7,10-11H2,1H3,(H,16,17). The number of likely N-dealkylation sites (N-methyl/N-ethyl adjacent to an activating group) is 1. The Hall–Kier alpha value is -1.13. The van der Waals surface area contributed by atoms with Gasteiger partial charge in [-0.15, -0.1) is 0 Å². The third-order valence-electron chi connectivity index (χ3n) is 3.98. The van der Waals surface area contributed by atoms with Crippen molar-refractivity contribution in [3.05, 3.63) is 24.3 Å². The van der Waals surface area contributed by atoms with Crippen molar-refractivity contribution in [1.29, 1.82) is 0 Å². The number of thiazole rings is 1. The third kappa shape index (κ3) is 3.07. The Morgan fingerprint density at radius 2 is 2.11 bits per heavy atom. The van der Waals surface area contributed by atoms with Gasteiger partial charge in [-0.05, 0) is 32.0 Å². The average molecular weight is 275 g/mol. The van der Waals surface area contributed by atoms with Crippen molar-refractivity contribution >= 4 is 26.7 Å². The highest BCUT2D eigenvalue weighted by atomic mass is 32.1. The van der Waals surface area contributed by atoms with Crippen LogP contribution in [-0.2, 0) is 0 Å². The zero-order valence-corrected chi connectivity index (χ0v) is 12.2. The monoisotopic (exact) mass is 275 g/mol. The van der Waals surface area contributed by atoms with Gasteiger partial charge in [0.05, 0.1) is 10.2 Å². The Balaban J connectivity index is 1.51. The zero-order valence-electron chi connectivity index (χ0n) is 11.4. The van der Waals surface area contributed by atoms with Crippen molar-refractivity contribution in [2.45, 2.75) is 31.7 Å². The molecule has 3 nitrogen and oxygen atoms in total. The predicted octanol–water partition coefficient (Wildman–Crippen LogP) is 3.58. The van der Waals surface area contributed by atoms with E-state index >= 15 is 0 Å². The molecular formula is C15H21N3S. The minimum atomic E-state index is 0.803. The zero-order chi connectivity index (χ0) is 13.1. The van der Waals surface area contributed by atoms with Crippen LogP contribution in [0.25, 0.3) is 10.2 Å². The van der Waals surface area contributed by atoms with Gasteiger partial charge in [0.15, 0.2) is 5.13 Å². The molecule has 0 atom stereocenters. The maximum atomic E-state index is 4.60. The fourth-order valence-electron chi connectivity index (χ4n) is 2.81. The van der Waals surface area contributed by atoms with Crippen LogP contribution < -0.4 is 5.32 Å². The second kappa shape index (κ2) is 5.88. The maximum Gasteiger partial charge on any atom is 0.183 e. The number of nitrogens with zero attached hydrogens (tertiary/aromatic N) is 2. The summed E-state index contributed by atoms with van der Waals surface area (Å²) in [6, 6.07) is 9.11. The van der Waals surface area contributed by atoms with Gasteiger partial charge in [-0.2, -0.15) is 0 Å². The van der Waals surface area contributed by atoms with Crippen molar-refractivity contribution < 1.29 is 0 Å². The molecule has 0 saturated heterocycles. The number of nitrogens with one attached hydrogen (secondary N) is 1. The number of hydrogen-bond acceptors (Lipinski definition) is 4. The molecule has 0 amide bonds. The van der Waals surface area contributed by atoms with E-state index in [0.717, 1.165) is 29.8 Å². The SMILES string of the molecule is CN(CCNc1nc2ccccc2s1)C1CCCC1. The van der Waals surface area contributed by atoms with Gasteiger partial charge in [-0.3, -0.25) is 0 Å². The van der Waals surface area contributed by atoms with Gasteiger partial charge in [0, 0.05) is 19.1 Å². The summed E-state index contributed by atoms with van der Waals surface area (Å²) in [5.41, 5.74) is 1.10. The van der Waals surface area contributed by atoms with Crippen molar-refractivity contribution in [1.82, 2.24) is 9.88 Å². The van der Waals surface area contributed by atoms with Crippen LogP contribution in [0.4, 0.5) is 5.13 Å². The molecule has 4 heteroatoms. The lowest BCUT2D eigenvalue weighted by atomic mass is 10.2. The van der Waals surface area contributed by atoms with E-state index in [1.165, 1.54) is 30.4 Å². The molecule has 19 heavy (non-hydrogen) atoms. The van der Waals surface area contributed by atoms with E-state index in [1.807, 2.05) is 6.07 Å². The topological polar surface area (TPSA) is 28.2 Å². The molecule has 3 rings (SSSR count). The second-order valence-electron chi connectivity index (χ2n) is 5.33. The number of benzene rings is 1. The summed E-state index contributed by atoms with van der Waals surface area (Å²) in [7, 11) is 2.25. The predicted molar refractivity (Wildman–Crippen MR) is 83.0 cm³/mol. The first-order valence-electron chi connectivity index (χ1n) is 7.12. The van der Waals surface area contributed by atoms with E-state index < -0.39 is 0 Å². The minimum Gasteiger partial charge on any atom is -0.360 e. The van der Waals surface area contributed by atoms with Gasteiger partial charge in [-0.1, -0.05) is 36.3 Å². The van der Waals surface area contributed by atoms with Gasteiger partial charge >= 0.3 is 0 Å². The van der Waals surface area contributed by atoms with Gasteiger partial charge in [-0.25, -0.2) is 4.98 Å². The molecule has 1 heterocycles. The molecule has 0 unspecified atom stereocenters. The number of anilines is 1. The van der Waals surface area contributed by atoms with Crippen LogP contribution >= 0.6 is 11.3 Å². The summed E-state index contributed by atoms with van der Waals surface area (Å²) in [6.45, 7) is 2.08. The molecule has 1 aliphatic carbocycles. The molecule has 102 valence electrons. The molecule has 1 aliphatic rings. The van der Waals surface area contributed by atoms with Crippen LogP contribution in [0.3, 0.4) is 0 Å².